The Morgan fingerprint density at radius 3 is 2.64 bits per heavy atom. The van der Waals surface area contributed by atoms with Crippen LogP contribution in [0.5, 0.6) is 0 Å². The number of benzene rings is 1. The summed E-state index contributed by atoms with van der Waals surface area (Å²) in [6, 6.07) is 11.6. The number of aromatic amines is 1. The largest absolute Gasteiger partial charge is 0.454 e. The van der Waals surface area contributed by atoms with Crippen molar-refractivity contribution in [1.29, 1.82) is 0 Å². The van der Waals surface area contributed by atoms with Gasteiger partial charge in [0, 0.05) is 5.69 Å². The molecule has 7 nitrogen and oxygen atoms in total. The average Bonchev–Trinajstić information content (AvgIpc) is 3.39. The first-order valence-corrected chi connectivity index (χ1v) is 9.94. The normalized spacial score (nSPS) is 10.7. The molecule has 0 aliphatic carbocycles. The lowest BCUT2D eigenvalue weighted by Crippen LogP contribution is -2.13. The van der Waals surface area contributed by atoms with Crippen molar-refractivity contribution in [3.8, 4) is 0 Å². The zero-order chi connectivity index (χ0) is 19.5. The van der Waals surface area contributed by atoms with E-state index >= 15 is 0 Å². The molecule has 4 aromatic rings. The number of thiophene rings is 2. The standard InChI is InChI=1S/C19H13N3O4S2/c23-17(14-2-1-8-27-14)20-12-5-3-11(4-6-12)19(25)26-10-15-21-13-7-9-28-16(13)18(24)22-15/h1-9H,10H2,(H,20,23)(H,21,22,24). The van der Waals surface area contributed by atoms with Crippen LogP contribution < -0.4 is 10.9 Å². The summed E-state index contributed by atoms with van der Waals surface area (Å²) < 4.78 is 5.76. The Morgan fingerprint density at radius 1 is 1.07 bits per heavy atom. The summed E-state index contributed by atoms with van der Waals surface area (Å²) in [5.41, 5.74) is 1.22. The van der Waals surface area contributed by atoms with Crippen LogP contribution in [0.4, 0.5) is 5.69 Å². The molecule has 0 unspecified atom stereocenters. The SMILES string of the molecule is O=C(OCc1nc2ccsc2c(=O)[nH]1)c1ccc(NC(=O)c2cccs2)cc1. The van der Waals surface area contributed by atoms with Crippen LogP contribution in [0.3, 0.4) is 0 Å². The summed E-state index contributed by atoms with van der Waals surface area (Å²) in [5.74, 6) is -0.475. The maximum atomic E-state index is 12.2. The van der Waals surface area contributed by atoms with E-state index in [0.29, 0.717) is 26.3 Å². The maximum absolute atomic E-state index is 12.2. The first kappa shape index (κ1) is 18.1. The second kappa shape index (κ2) is 7.75. The molecule has 3 aromatic heterocycles. The summed E-state index contributed by atoms with van der Waals surface area (Å²) in [6.07, 6.45) is 0. The summed E-state index contributed by atoms with van der Waals surface area (Å²) in [4.78, 5) is 43.6. The van der Waals surface area contributed by atoms with Gasteiger partial charge in [-0.1, -0.05) is 6.07 Å². The molecule has 3 heterocycles. The minimum absolute atomic E-state index is 0.142. The number of esters is 1. The summed E-state index contributed by atoms with van der Waals surface area (Å²) >= 11 is 2.65. The number of hydrogen-bond acceptors (Lipinski definition) is 7. The number of hydrogen-bond donors (Lipinski definition) is 2. The quantitative estimate of drug-likeness (QED) is 0.488. The van der Waals surface area contributed by atoms with E-state index in [4.69, 9.17) is 4.74 Å². The molecule has 0 saturated heterocycles. The smallest absolute Gasteiger partial charge is 0.338 e. The van der Waals surface area contributed by atoms with Gasteiger partial charge >= 0.3 is 5.97 Å². The predicted molar refractivity (Wildman–Crippen MR) is 108 cm³/mol. The number of aromatic nitrogens is 2. The number of fused-ring (bicyclic) bond motifs is 1. The van der Waals surface area contributed by atoms with Crippen LogP contribution in [0.25, 0.3) is 10.2 Å². The van der Waals surface area contributed by atoms with Crippen LogP contribution in [0, 0.1) is 0 Å². The van der Waals surface area contributed by atoms with E-state index in [1.807, 2.05) is 5.38 Å². The van der Waals surface area contributed by atoms with Gasteiger partial charge in [-0.15, -0.1) is 22.7 Å². The molecule has 0 bridgehead atoms. The molecule has 0 fully saturated rings. The lowest BCUT2D eigenvalue weighted by molar-refractivity contribution is 0.0462. The van der Waals surface area contributed by atoms with Gasteiger partial charge in [-0.05, 0) is 47.2 Å². The number of nitrogens with one attached hydrogen (secondary N) is 2. The molecular formula is C19H13N3O4S2. The lowest BCUT2D eigenvalue weighted by Gasteiger charge is -2.07. The van der Waals surface area contributed by atoms with Gasteiger partial charge in [-0.3, -0.25) is 9.59 Å². The van der Waals surface area contributed by atoms with Crippen molar-refractivity contribution in [2.24, 2.45) is 0 Å². The lowest BCUT2D eigenvalue weighted by atomic mass is 10.2. The molecule has 28 heavy (non-hydrogen) atoms. The van der Waals surface area contributed by atoms with Gasteiger partial charge in [0.2, 0.25) is 0 Å². The molecule has 0 atom stereocenters. The fraction of sp³-hybridized carbons (Fsp3) is 0.0526. The summed E-state index contributed by atoms with van der Waals surface area (Å²) in [5, 5.41) is 6.36. The first-order valence-electron chi connectivity index (χ1n) is 8.18. The highest BCUT2D eigenvalue weighted by atomic mass is 32.1. The van der Waals surface area contributed by atoms with Gasteiger partial charge in [0.05, 0.1) is 16.0 Å². The molecule has 0 aliphatic rings. The number of amides is 1. The minimum Gasteiger partial charge on any atom is -0.454 e. The second-order valence-corrected chi connectivity index (χ2v) is 7.60. The highest BCUT2D eigenvalue weighted by Gasteiger charge is 2.11. The zero-order valence-electron chi connectivity index (χ0n) is 14.3. The Balaban J connectivity index is 1.39. The first-order chi connectivity index (χ1) is 13.6. The Kier molecular flexibility index (Phi) is 5.00. The van der Waals surface area contributed by atoms with Crippen LogP contribution in [-0.4, -0.2) is 21.8 Å². The Bertz CT molecular complexity index is 1190. The van der Waals surface area contributed by atoms with Crippen molar-refractivity contribution >= 4 is 50.5 Å². The highest BCUT2D eigenvalue weighted by Crippen LogP contribution is 2.16. The molecule has 4 rings (SSSR count). The van der Waals surface area contributed by atoms with Gasteiger partial charge in [-0.25, -0.2) is 9.78 Å². The van der Waals surface area contributed by atoms with Gasteiger partial charge in [-0.2, -0.15) is 0 Å². The summed E-state index contributed by atoms with van der Waals surface area (Å²) in [7, 11) is 0. The molecule has 0 radical (unpaired) electrons. The van der Waals surface area contributed by atoms with Crippen LogP contribution in [-0.2, 0) is 11.3 Å². The molecular weight excluding hydrogens is 398 g/mol. The van der Waals surface area contributed by atoms with Crippen LogP contribution in [0.1, 0.15) is 25.9 Å². The Labute approximate surface area is 166 Å². The molecule has 140 valence electrons. The van der Waals surface area contributed by atoms with E-state index in [1.165, 1.54) is 22.7 Å². The van der Waals surface area contributed by atoms with Gasteiger partial charge < -0.3 is 15.0 Å². The molecule has 9 heteroatoms. The van der Waals surface area contributed by atoms with Crippen molar-refractivity contribution < 1.29 is 14.3 Å². The second-order valence-electron chi connectivity index (χ2n) is 5.73. The van der Waals surface area contributed by atoms with E-state index in [-0.39, 0.29) is 23.9 Å². The Morgan fingerprint density at radius 2 is 1.89 bits per heavy atom. The molecule has 0 saturated carbocycles. The number of H-pyrrole nitrogens is 1. The van der Waals surface area contributed by atoms with Gasteiger partial charge in [0.1, 0.15) is 17.1 Å². The number of carbonyl (C=O) groups is 2. The van der Waals surface area contributed by atoms with Gasteiger partial charge in [0.15, 0.2) is 0 Å². The number of nitrogens with zero attached hydrogens (tertiary/aromatic N) is 1. The third-order valence-corrected chi connectivity index (χ3v) is 5.60. The number of carbonyl (C=O) groups excluding carboxylic acids is 2. The fourth-order valence-corrected chi connectivity index (χ4v) is 3.84. The molecule has 0 aliphatic heterocycles. The van der Waals surface area contributed by atoms with E-state index < -0.39 is 5.97 Å². The van der Waals surface area contributed by atoms with E-state index in [2.05, 4.69) is 15.3 Å². The fourth-order valence-electron chi connectivity index (χ4n) is 2.50. The molecule has 1 aromatic carbocycles. The van der Waals surface area contributed by atoms with Crippen molar-refractivity contribution in [1.82, 2.24) is 9.97 Å². The predicted octanol–water partition coefficient (Wildman–Crippen LogP) is 3.66. The molecule has 0 spiro atoms. The monoisotopic (exact) mass is 411 g/mol. The maximum Gasteiger partial charge on any atom is 0.338 e. The third kappa shape index (κ3) is 3.85. The topological polar surface area (TPSA) is 101 Å². The van der Waals surface area contributed by atoms with Crippen molar-refractivity contribution in [3.63, 3.8) is 0 Å². The highest BCUT2D eigenvalue weighted by molar-refractivity contribution is 7.17. The zero-order valence-corrected chi connectivity index (χ0v) is 15.9. The van der Waals surface area contributed by atoms with E-state index in [0.717, 1.165) is 0 Å². The van der Waals surface area contributed by atoms with Crippen molar-refractivity contribution in [2.45, 2.75) is 6.61 Å². The molecule has 1 amide bonds. The number of anilines is 1. The number of rotatable bonds is 5. The molecule has 2 N–H and O–H groups in total. The third-order valence-electron chi connectivity index (χ3n) is 3.83. The van der Waals surface area contributed by atoms with Crippen molar-refractivity contribution in [3.05, 3.63) is 79.8 Å². The minimum atomic E-state index is -0.552. The van der Waals surface area contributed by atoms with Crippen LogP contribution >= 0.6 is 22.7 Å². The van der Waals surface area contributed by atoms with Crippen LogP contribution in [0.15, 0.2) is 58.0 Å². The van der Waals surface area contributed by atoms with E-state index in [1.54, 1.807) is 47.8 Å². The average molecular weight is 411 g/mol. The Hall–Kier alpha value is -3.30. The van der Waals surface area contributed by atoms with Gasteiger partial charge in [0.25, 0.3) is 11.5 Å². The number of ether oxygens (including phenoxy) is 1. The van der Waals surface area contributed by atoms with E-state index in [9.17, 15) is 14.4 Å². The van der Waals surface area contributed by atoms with Crippen molar-refractivity contribution in [2.75, 3.05) is 5.32 Å². The summed E-state index contributed by atoms with van der Waals surface area (Å²) in [6.45, 7) is -0.142. The van der Waals surface area contributed by atoms with Crippen LogP contribution in [0.2, 0.25) is 0 Å².